The average Bonchev–Trinajstić information content (AvgIpc) is 2.02. The Morgan fingerprint density at radius 1 is 1.54 bits per heavy atom. The summed E-state index contributed by atoms with van der Waals surface area (Å²) in [5.74, 6) is -2.19. The van der Waals surface area contributed by atoms with Crippen LogP contribution in [0.15, 0.2) is 23.8 Å². The molecule has 0 spiro atoms. The van der Waals surface area contributed by atoms with Gasteiger partial charge >= 0.3 is 5.97 Å². The highest BCUT2D eigenvalue weighted by Gasteiger charge is 2.25. The maximum Gasteiger partial charge on any atom is 0.315 e. The van der Waals surface area contributed by atoms with Gasteiger partial charge in [-0.25, -0.2) is 0 Å². The minimum Gasteiger partial charge on any atom is -0.481 e. The second-order valence-electron chi connectivity index (χ2n) is 2.65. The fourth-order valence-corrected chi connectivity index (χ4v) is 1.87. The number of aliphatic carboxylic acids is 1. The molecule has 0 radical (unpaired) electrons. The van der Waals surface area contributed by atoms with Crippen LogP contribution in [-0.2, 0) is 15.1 Å². The number of allylic oxidation sites excluding steroid dienone is 3. The zero-order valence-corrected chi connectivity index (χ0v) is 7.71. The van der Waals surface area contributed by atoms with Gasteiger partial charge < -0.3 is 5.11 Å². The summed E-state index contributed by atoms with van der Waals surface area (Å²) in [6.45, 7) is 1.57. The Labute approximate surface area is 76.7 Å². The lowest BCUT2D eigenvalue weighted by molar-refractivity contribution is -0.138. The number of hydrogen-bond acceptors (Lipinski definition) is 3. The van der Waals surface area contributed by atoms with Crippen molar-refractivity contribution in [3.8, 4) is 0 Å². The molecule has 1 atom stereocenters. The predicted molar refractivity (Wildman–Crippen MR) is 47.9 cm³/mol. The smallest absolute Gasteiger partial charge is 0.315 e. The standard InChI is InChI=1S/C8H8O4S/c1-5-3-2-4-6(8(9)10)7(5)13(11)12/h2-4,6H,1H3,(H,9,10). The summed E-state index contributed by atoms with van der Waals surface area (Å²) < 4.78 is 21.4. The molecule has 0 aliphatic heterocycles. The molecule has 0 saturated heterocycles. The van der Waals surface area contributed by atoms with E-state index in [0.717, 1.165) is 0 Å². The lowest BCUT2D eigenvalue weighted by Gasteiger charge is -2.11. The third-order valence-corrected chi connectivity index (χ3v) is 2.70. The topological polar surface area (TPSA) is 71.4 Å². The van der Waals surface area contributed by atoms with Crippen molar-refractivity contribution in [1.82, 2.24) is 0 Å². The Morgan fingerprint density at radius 2 is 2.15 bits per heavy atom. The first-order valence-corrected chi connectivity index (χ1v) is 4.66. The normalized spacial score (nSPS) is 21.2. The minimum atomic E-state index is -2.47. The summed E-state index contributed by atoms with van der Waals surface area (Å²) >= 11 is 0. The Bertz CT molecular complexity index is 417. The van der Waals surface area contributed by atoms with Crippen LogP contribution in [0, 0.1) is 5.92 Å². The van der Waals surface area contributed by atoms with E-state index in [0.29, 0.717) is 5.57 Å². The maximum atomic E-state index is 10.7. The molecule has 0 aromatic carbocycles. The van der Waals surface area contributed by atoms with Crippen molar-refractivity contribution in [3.05, 3.63) is 23.8 Å². The van der Waals surface area contributed by atoms with E-state index < -0.39 is 22.2 Å². The van der Waals surface area contributed by atoms with Gasteiger partial charge in [0.2, 0.25) is 10.3 Å². The summed E-state index contributed by atoms with van der Waals surface area (Å²) in [7, 11) is -2.47. The number of rotatable bonds is 1. The summed E-state index contributed by atoms with van der Waals surface area (Å²) in [4.78, 5) is 10.6. The fraction of sp³-hybridized carbons (Fsp3) is 0.250. The summed E-state index contributed by atoms with van der Waals surface area (Å²) in [6, 6.07) is 0. The molecule has 4 nitrogen and oxygen atoms in total. The van der Waals surface area contributed by atoms with Gasteiger partial charge in [0.05, 0.1) is 4.86 Å². The second-order valence-corrected chi connectivity index (χ2v) is 3.56. The van der Waals surface area contributed by atoms with E-state index >= 15 is 0 Å². The van der Waals surface area contributed by atoms with Crippen molar-refractivity contribution in [1.29, 1.82) is 0 Å². The average molecular weight is 200 g/mol. The number of carboxylic acid groups (broad SMARTS) is 1. The van der Waals surface area contributed by atoms with Crippen molar-refractivity contribution >= 4 is 21.1 Å². The molecule has 0 saturated carbocycles. The highest BCUT2D eigenvalue weighted by Crippen LogP contribution is 2.14. The summed E-state index contributed by atoms with van der Waals surface area (Å²) in [6.07, 6.45) is 4.47. The van der Waals surface area contributed by atoms with Crippen molar-refractivity contribution < 1.29 is 18.3 Å². The molecule has 0 aromatic heterocycles. The van der Waals surface area contributed by atoms with Crippen LogP contribution in [0.3, 0.4) is 0 Å². The Morgan fingerprint density at radius 3 is 2.54 bits per heavy atom. The zero-order valence-electron chi connectivity index (χ0n) is 6.89. The van der Waals surface area contributed by atoms with E-state index in [4.69, 9.17) is 5.11 Å². The van der Waals surface area contributed by atoms with Crippen molar-refractivity contribution in [3.63, 3.8) is 0 Å². The van der Waals surface area contributed by atoms with E-state index in [9.17, 15) is 13.2 Å². The fourth-order valence-electron chi connectivity index (χ4n) is 1.16. The van der Waals surface area contributed by atoms with Crippen LogP contribution < -0.4 is 0 Å². The summed E-state index contributed by atoms with van der Waals surface area (Å²) in [5, 5.41) is 8.70. The number of carbonyl (C=O) groups is 1. The van der Waals surface area contributed by atoms with Gasteiger partial charge in [-0.1, -0.05) is 18.2 Å². The lowest BCUT2D eigenvalue weighted by atomic mass is 9.95. The van der Waals surface area contributed by atoms with Gasteiger partial charge in [0.15, 0.2) is 0 Å². The molecule has 1 N–H and O–H groups in total. The molecular formula is C8H8O4S. The molecule has 0 bridgehead atoms. The molecule has 0 fully saturated rings. The highest BCUT2D eigenvalue weighted by molar-refractivity contribution is 7.73. The second kappa shape index (κ2) is 3.57. The van der Waals surface area contributed by atoms with Crippen LogP contribution in [0.1, 0.15) is 6.92 Å². The number of hydrogen-bond donors (Lipinski definition) is 1. The molecule has 0 heterocycles. The van der Waals surface area contributed by atoms with Gasteiger partial charge in [0.25, 0.3) is 0 Å². The molecule has 5 heteroatoms. The van der Waals surface area contributed by atoms with E-state index in [-0.39, 0.29) is 4.86 Å². The molecular weight excluding hydrogens is 192 g/mol. The van der Waals surface area contributed by atoms with Crippen molar-refractivity contribution in [2.75, 3.05) is 0 Å². The van der Waals surface area contributed by atoms with Crippen LogP contribution in [-0.4, -0.2) is 24.4 Å². The van der Waals surface area contributed by atoms with Crippen LogP contribution in [0.4, 0.5) is 0 Å². The first-order chi connectivity index (χ1) is 6.04. The molecule has 1 aliphatic carbocycles. The van der Waals surface area contributed by atoms with Crippen LogP contribution in [0.25, 0.3) is 0 Å². The van der Waals surface area contributed by atoms with Crippen LogP contribution in [0.5, 0.6) is 0 Å². The van der Waals surface area contributed by atoms with Gasteiger partial charge in [0.1, 0.15) is 5.92 Å². The summed E-state index contributed by atoms with van der Waals surface area (Å²) in [5.41, 5.74) is 0.475. The van der Waals surface area contributed by atoms with E-state index in [1.807, 2.05) is 0 Å². The van der Waals surface area contributed by atoms with E-state index in [2.05, 4.69) is 0 Å². The Kier molecular flexibility index (Phi) is 2.67. The van der Waals surface area contributed by atoms with Crippen LogP contribution >= 0.6 is 0 Å². The monoisotopic (exact) mass is 200 g/mol. The SMILES string of the molecule is CC1=CC=CC(C(=O)O)C1=S(=O)=O. The Hall–Kier alpha value is -1.36. The van der Waals surface area contributed by atoms with Gasteiger partial charge in [-0.15, -0.1) is 0 Å². The van der Waals surface area contributed by atoms with Crippen molar-refractivity contribution in [2.45, 2.75) is 6.92 Å². The zero-order chi connectivity index (χ0) is 10.0. The first-order valence-electron chi connectivity index (χ1n) is 3.58. The maximum absolute atomic E-state index is 10.7. The quantitative estimate of drug-likeness (QED) is 0.616. The Balaban J connectivity index is 3.32. The van der Waals surface area contributed by atoms with Gasteiger partial charge in [-0.3, -0.25) is 4.79 Å². The third kappa shape index (κ3) is 1.86. The number of carboxylic acids is 1. The highest BCUT2D eigenvalue weighted by atomic mass is 32.2. The molecule has 1 unspecified atom stereocenters. The van der Waals surface area contributed by atoms with Gasteiger partial charge in [0, 0.05) is 0 Å². The van der Waals surface area contributed by atoms with E-state index in [1.54, 1.807) is 19.1 Å². The molecule has 1 aliphatic rings. The molecule has 0 aromatic rings. The first kappa shape index (κ1) is 9.73. The predicted octanol–water partition coefficient (Wildman–Crippen LogP) is 0.255. The molecule has 13 heavy (non-hydrogen) atoms. The third-order valence-electron chi connectivity index (χ3n) is 1.77. The molecule has 0 amide bonds. The van der Waals surface area contributed by atoms with Gasteiger partial charge in [-0.05, 0) is 12.5 Å². The molecule has 1 rings (SSSR count). The molecule has 70 valence electrons. The minimum absolute atomic E-state index is 0.0602. The largest absolute Gasteiger partial charge is 0.481 e. The van der Waals surface area contributed by atoms with Crippen LogP contribution in [0.2, 0.25) is 0 Å². The van der Waals surface area contributed by atoms with Gasteiger partial charge in [-0.2, -0.15) is 8.42 Å². The lowest BCUT2D eigenvalue weighted by Crippen LogP contribution is -2.25. The van der Waals surface area contributed by atoms with Crippen molar-refractivity contribution in [2.24, 2.45) is 5.92 Å². The van der Waals surface area contributed by atoms with E-state index in [1.165, 1.54) is 6.08 Å².